The van der Waals surface area contributed by atoms with Gasteiger partial charge in [-0.25, -0.2) is 0 Å². The Morgan fingerprint density at radius 2 is 1.48 bits per heavy atom. The van der Waals surface area contributed by atoms with Crippen LogP contribution in [0.2, 0.25) is 0 Å². The highest BCUT2D eigenvalue weighted by atomic mass is 16.1. The fourth-order valence-corrected chi connectivity index (χ4v) is 3.73. The average Bonchev–Trinajstić information content (AvgIpc) is 2.72. The summed E-state index contributed by atoms with van der Waals surface area (Å²) < 4.78 is 0. The van der Waals surface area contributed by atoms with Gasteiger partial charge in [-0.2, -0.15) is 0 Å². The largest absolute Gasteiger partial charge is 0.356 e. The van der Waals surface area contributed by atoms with E-state index in [0.717, 1.165) is 24.0 Å². The zero-order valence-electron chi connectivity index (χ0n) is 17.8. The zero-order chi connectivity index (χ0) is 20.8. The minimum absolute atomic E-state index is 0.0738. The maximum atomic E-state index is 11.5. The molecule has 0 saturated carbocycles. The van der Waals surface area contributed by atoms with E-state index in [4.69, 9.17) is 0 Å². The first-order valence-electron chi connectivity index (χ1n) is 10.1. The van der Waals surface area contributed by atoms with E-state index in [0.29, 0.717) is 0 Å². The fraction of sp³-hybridized carbons (Fsp3) is 0.222. The predicted octanol–water partition coefficient (Wildman–Crippen LogP) is 5.90. The molecule has 3 aromatic rings. The lowest BCUT2D eigenvalue weighted by Gasteiger charge is -2.12. The van der Waals surface area contributed by atoms with Crippen molar-refractivity contribution in [3.63, 3.8) is 0 Å². The molecule has 0 saturated heterocycles. The molecule has 0 spiro atoms. The Hall–Kier alpha value is -3.13. The first kappa shape index (κ1) is 20.6. The number of likely N-dealkylation sites (N-methyl/N-ethyl adjacent to an activating group) is 1. The maximum absolute atomic E-state index is 11.5. The molecule has 2 heteroatoms. The third kappa shape index (κ3) is 5.23. The Bertz CT molecular complexity index is 1010. The summed E-state index contributed by atoms with van der Waals surface area (Å²) in [6.07, 6.45) is 3.63. The molecule has 148 valence electrons. The molecule has 1 N–H and O–H groups in total. The minimum atomic E-state index is -0.0738. The van der Waals surface area contributed by atoms with E-state index in [1.165, 1.54) is 33.4 Å². The highest BCUT2D eigenvalue weighted by Gasteiger charge is 2.06. The van der Waals surface area contributed by atoms with Crippen molar-refractivity contribution in [2.75, 3.05) is 7.05 Å². The molecule has 0 fully saturated rings. The molecule has 29 heavy (non-hydrogen) atoms. The predicted molar refractivity (Wildman–Crippen MR) is 123 cm³/mol. The Labute approximate surface area is 174 Å². The van der Waals surface area contributed by atoms with E-state index >= 15 is 0 Å². The van der Waals surface area contributed by atoms with Crippen LogP contribution in [0.1, 0.15) is 34.7 Å². The summed E-state index contributed by atoms with van der Waals surface area (Å²) in [7, 11) is 1.64. The van der Waals surface area contributed by atoms with E-state index in [-0.39, 0.29) is 5.91 Å². The second-order valence-corrected chi connectivity index (χ2v) is 7.61. The molecular weight excluding hydrogens is 354 g/mol. The van der Waals surface area contributed by atoms with Crippen molar-refractivity contribution >= 4 is 11.5 Å². The van der Waals surface area contributed by atoms with E-state index in [9.17, 15) is 4.79 Å². The van der Waals surface area contributed by atoms with Gasteiger partial charge in [-0.05, 0) is 78.1 Å². The molecule has 0 aliphatic heterocycles. The van der Waals surface area contributed by atoms with Gasteiger partial charge in [-0.1, -0.05) is 66.7 Å². The average molecular weight is 384 g/mol. The maximum Gasteiger partial charge on any atom is 0.244 e. The van der Waals surface area contributed by atoms with Gasteiger partial charge < -0.3 is 5.32 Å². The number of amides is 1. The van der Waals surface area contributed by atoms with Crippen molar-refractivity contribution in [2.45, 2.75) is 33.6 Å². The molecular formula is C27H29NO. The number of hydrogen-bond donors (Lipinski definition) is 1. The van der Waals surface area contributed by atoms with Crippen molar-refractivity contribution in [1.29, 1.82) is 0 Å². The van der Waals surface area contributed by atoms with Gasteiger partial charge in [0.1, 0.15) is 0 Å². The van der Waals surface area contributed by atoms with Gasteiger partial charge in [0.2, 0.25) is 5.91 Å². The van der Waals surface area contributed by atoms with Crippen LogP contribution < -0.4 is 5.32 Å². The smallest absolute Gasteiger partial charge is 0.244 e. The number of rotatable bonds is 6. The molecule has 0 atom stereocenters. The highest BCUT2D eigenvalue weighted by molar-refractivity contribution is 5.94. The number of nitrogens with one attached hydrogen (secondary N) is 1. The molecule has 0 radical (unpaired) electrons. The van der Waals surface area contributed by atoms with E-state index in [2.05, 4.69) is 85.9 Å². The second-order valence-electron chi connectivity index (χ2n) is 7.61. The quantitative estimate of drug-likeness (QED) is 0.527. The van der Waals surface area contributed by atoms with Gasteiger partial charge in [0, 0.05) is 13.1 Å². The Balaban J connectivity index is 1.71. The lowest BCUT2D eigenvalue weighted by Crippen LogP contribution is -2.14. The molecule has 2 nitrogen and oxygen atoms in total. The Morgan fingerprint density at radius 3 is 2.14 bits per heavy atom. The van der Waals surface area contributed by atoms with Gasteiger partial charge in [0.25, 0.3) is 0 Å². The minimum Gasteiger partial charge on any atom is -0.356 e. The number of hydrogen-bond acceptors (Lipinski definition) is 1. The number of carbonyl (C=O) groups excluding carboxylic acids is 1. The van der Waals surface area contributed by atoms with Gasteiger partial charge in [-0.15, -0.1) is 0 Å². The van der Waals surface area contributed by atoms with Gasteiger partial charge >= 0.3 is 0 Å². The summed E-state index contributed by atoms with van der Waals surface area (Å²) in [5.74, 6) is -0.0738. The van der Waals surface area contributed by atoms with Gasteiger partial charge in [0.15, 0.2) is 0 Å². The SMILES string of the molecule is CNC(=O)/C=C(\C)c1ccc(CCc2cccc(-c3c(C)cccc3C)c2)cc1. The molecule has 0 aliphatic carbocycles. The number of allylic oxidation sites excluding steroid dienone is 1. The third-order valence-electron chi connectivity index (χ3n) is 5.40. The van der Waals surface area contributed by atoms with E-state index in [1.807, 2.05) is 6.92 Å². The molecule has 0 aliphatic rings. The van der Waals surface area contributed by atoms with Crippen molar-refractivity contribution in [3.8, 4) is 11.1 Å². The van der Waals surface area contributed by atoms with Crippen LogP contribution in [0, 0.1) is 13.8 Å². The van der Waals surface area contributed by atoms with Crippen molar-refractivity contribution in [1.82, 2.24) is 5.32 Å². The third-order valence-corrected chi connectivity index (χ3v) is 5.40. The van der Waals surface area contributed by atoms with Crippen molar-refractivity contribution < 1.29 is 4.79 Å². The van der Waals surface area contributed by atoms with Gasteiger partial charge in [-0.3, -0.25) is 4.79 Å². The summed E-state index contributed by atoms with van der Waals surface area (Å²) in [6, 6.07) is 23.9. The molecule has 3 rings (SSSR count). The topological polar surface area (TPSA) is 29.1 Å². The summed E-state index contributed by atoms with van der Waals surface area (Å²) in [6.45, 7) is 6.32. The first-order chi connectivity index (χ1) is 14.0. The Morgan fingerprint density at radius 1 is 0.862 bits per heavy atom. The molecule has 3 aromatic carbocycles. The van der Waals surface area contributed by atoms with Crippen LogP contribution in [0.15, 0.2) is 72.8 Å². The lowest BCUT2D eigenvalue weighted by molar-refractivity contribution is -0.116. The van der Waals surface area contributed by atoms with E-state index in [1.54, 1.807) is 13.1 Å². The van der Waals surface area contributed by atoms with Crippen LogP contribution in [0.25, 0.3) is 16.7 Å². The fourth-order valence-electron chi connectivity index (χ4n) is 3.73. The monoisotopic (exact) mass is 383 g/mol. The van der Waals surface area contributed by atoms with Crippen LogP contribution in [0.3, 0.4) is 0 Å². The summed E-state index contributed by atoms with van der Waals surface area (Å²) in [4.78, 5) is 11.5. The van der Waals surface area contributed by atoms with Crippen LogP contribution in [-0.2, 0) is 17.6 Å². The highest BCUT2D eigenvalue weighted by Crippen LogP contribution is 2.28. The molecule has 0 heterocycles. The van der Waals surface area contributed by atoms with E-state index < -0.39 is 0 Å². The number of carbonyl (C=O) groups is 1. The number of aryl methyl sites for hydroxylation is 4. The standard InChI is InChI=1S/C27H29NO/c1-19-7-5-8-20(2)27(19)25-10-6-9-23(18-25)12-11-22-13-15-24(16-14-22)21(3)17-26(29)28-4/h5-10,13-18H,11-12H2,1-4H3,(H,28,29)/b21-17+. The van der Waals surface area contributed by atoms with Crippen LogP contribution in [-0.4, -0.2) is 13.0 Å². The number of benzene rings is 3. The first-order valence-corrected chi connectivity index (χ1v) is 10.1. The second kappa shape index (κ2) is 9.38. The normalized spacial score (nSPS) is 11.4. The van der Waals surface area contributed by atoms with Crippen molar-refractivity contribution in [3.05, 3.63) is 101 Å². The van der Waals surface area contributed by atoms with Crippen LogP contribution in [0.5, 0.6) is 0 Å². The summed E-state index contributed by atoms with van der Waals surface area (Å²) in [5, 5.41) is 2.62. The van der Waals surface area contributed by atoms with Crippen LogP contribution >= 0.6 is 0 Å². The van der Waals surface area contributed by atoms with Crippen LogP contribution in [0.4, 0.5) is 0 Å². The molecule has 0 bridgehead atoms. The molecule has 0 unspecified atom stereocenters. The van der Waals surface area contributed by atoms with Gasteiger partial charge in [0.05, 0.1) is 0 Å². The summed E-state index contributed by atoms with van der Waals surface area (Å²) in [5.41, 5.74) is 9.98. The molecule has 1 amide bonds. The lowest BCUT2D eigenvalue weighted by atomic mass is 9.93. The van der Waals surface area contributed by atoms with Crippen molar-refractivity contribution in [2.24, 2.45) is 0 Å². The summed E-state index contributed by atoms with van der Waals surface area (Å²) >= 11 is 0. The zero-order valence-corrected chi connectivity index (χ0v) is 17.8. The molecule has 0 aromatic heterocycles. The Kier molecular flexibility index (Phi) is 6.66.